The molecule has 0 aliphatic heterocycles. The average Bonchev–Trinajstić information content (AvgIpc) is 2.85. The van der Waals surface area contributed by atoms with Gasteiger partial charge < -0.3 is 18.9 Å². The van der Waals surface area contributed by atoms with Gasteiger partial charge in [0.15, 0.2) is 0 Å². The summed E-state index contributed by atoms with van der Waals surface area (Å²) in [7, 11) is -3.56. The number of alkyl halides is 3. The lowest BCUT2D eigenvalue weighted by atomic mass is 10.0. The number of carbonyl (C=O) groups excluding carboxylic acids is 1. The van der Waals surface area contributed by atoms with Crippen LogP contribution in [0.2, 0.25) is 0 Å². The van der Waals surface area contributed by atoms with Gasteiger partial charge in [-0.1, -0.05) is 24.3 Å². The van der Waals surface area contributed by atoms with Crippen molar-refractivity contribution in [3.63, 3.8) is 0 Å². The van der Waals surface area contributed by atoms with Crippen molar-refractivity contribution in [1.29, 1.82) is 0 Å². The summed E-state index contributed by atoms with van der Waals surface area (Å²) in [5.74, 6) is -1.04. The predicted molar refractivity (Wildman–Crippen MR) is 125 cm³/mol. The van der Waals surface area contributed by atoms with Crippen LogP contribution < -0.4 is 14.2 Å². The normalized spacial score (nSPS) is 11.6. The molecule has 2 N–H and O–H groups in total. The zero-order valence-electron chi connectivity index (χ0n) is 18.5. The van der Waals surface area contributed by atoms with Crippen LogP contribution in [0.1, 0.15) is 15.9 Å². The van der Waals surface area contributed by atoms with Crippen LogP contribution in [0.5, 0.6) is 11.5 Å². The molecule has 0 unspecified atom stereocenters. The Balaban J connectivity index is 2.14. The summed E-state index contributed by atoms with van der Waals surface area (Å²) < 4.78 is 84.2. The number of nitrogens with one attached hydrogen (secondary N) is 1. The van der Waals surface area contributed by atoms with Gasteiger partial charge in [-0.25, -0.2) is 13.2 Å². The van der Waals surface area contributed by atoms with E-state index in [1.54, 1.807) is 24.3 Å². The molecule has 0 amide bonds. The number of sulfonamides is 1. The van der Waals surface area contributed by atoms with E-state index in [2.05, 4.69) is 4.29 Å². The van der Waals surface area contributed by atoms with Gasteiger partial charge in [-0.05, 0) is 42.0 Å². The quantitative estimate of drug-likeness (QED) is 0.395. The van der Waals surface area contributed by atoms with Crippen molar-refractivity contribution in [2.75, 3.05) is 25.0 Å². The number of anilines is 1. The first kappa shape index (κ1) is 27.1. The summed E-state index contributed by atoms with van der Waals surface area (Å²) in [4.78, 5) is 11.1. The van der Waals surface area contributed by atoms with E-state index in [1.165, 1.54) is 12.1 Å². The van der Waals surface area contributed by atoms with Crippen LogP contribution in [0, 0.1) is 0 Å². The monoisotopic (exact) mass is 545 g/mol. The second kappa shape index (κ2) is 11.1. The van der Waals surface area contributed by atoms with Gasteiger partial charge in [0.2, 0.25) is 0 Å². The SMILES string of the molecule is COc1ccc(C(=O)OCl)cc1S(=O)(=O)Nc1cc(-c2ccccc2OCCO)ccc1C(F)(F)F. The third kappa shape index (κ3) is 6.01. The summed E-state index contributed by atoms with van der Waals surface area (Å²) >= 11 is 5.05. The maximum Gasteiger partial charge on any atom is 0.418 e. The third-order valence-electron chi connectivity index (χ3n) is 4.88. The molecule has 13 heteroatoms. The average molecular weight is 546 g/mol. The second-order valence-corrected chi connectivity index (χ2v) is 8.97. The van der Waals surface area contributed by atoms with Gasteiger partial charge in [0.25, 0.3) is 10.0 Å². The number of para-hydroxylation sites is 1. The molecule has 0 fully saturated rings. The number of halogens is 4. The topological polar surface area (TPSA) is 111 Å². The number of benzene rings is 3. The molecule has 0 aliphatic rings. The van der Waals surface area contributed by atoms with Crippen molar-refractivity contribution >= 4 is 33.5 Å². The first-order valence-electron chi connectivity index (χ1n) is 10.1. The first-order chi connectivity index (χ1) is 17.0. The highest BCUT2D eigenvalue weighted by Gasteiger charge is 2.35. The third-order valence-corrected chi connectivity index (χ3v) is 6.40. The van der Waals surface area contributed by atoms with Crippen molar-refractivity contribution in [3.05, 3.63) is 71.8 Å². The van der Waals surface area contributed by atoms with E-state index in [-0.39, 0.29) is 35.8 Å². The summed E-state index contributed by atoms with van der Waals surface area (Å²) in [5, 5.41) is 9.03. The molecule has 0 radical (unpaired) electrons. The molecule has 0 heterocycles. The van der Waals surface area contributed by atoms with Crippen molar-refractivity contribution in [1.82, 2.24) is 0 Å². The highest BCUT2D eigenvalue weighted by Crippen LogP contribution is 2.40. The lowest BCUT2D eigenvalue weighted by Crippen LogP contribution is -2.18. The van der Waals surface area contributed by atoms with E-state index < -0.39 is 38.3 Å². The van der Waals surface area contributed by atoms with Gasteiger partial charge in [0, 0.05) is 5.56 Å². The van der Waals surface area contributed by atoms with Crippen LogP contribution in [0.15, 0.2) is 65.6 Å². The van der Waals surface area contributed by atoms with Crippen molar-refractivity contribution in [3.8, 4) is 22.6 Å². The van der Waals surface area contributed by atoms with Crippen LogP contribution in [0.4, 0.5) is 18.9 Å². The van der Waals surface area contributed by atoms with Gasteiger partial charge in [-0.15, -0.1) is 0 Å². The molecular weight excluding hydrogens is 527 g/mol. The Labute approximate surface area is 209 Å². The van der Waals surface area contributed by atoms with E-state index >= 15 is 0 Å². The van der Waals surface area contributed by atoms with E-state index in [0.717, 1.165) is 31.4 Å². The number of aliphatic hydroxyl groups is 1. The standard InChI is InChI=1S/C23H19ClF3NO7S/c1-33-20-9-7-15(22(30)35-24)13-21(20)36(31,32)28-18-12-14(6-8-17(18)23(25,26)27)16-4-2-3-5-19(16)34-11-10-29/h2-9,12-13,28-29H,10-11H2,1H3. The Kier molecular flexibility index (Phi) is 8.33. The van der Waals surface area contributed by atoms with Gasteiger partial charge in [0.05, 0.1) is 30.5 Å². The molecule has 0 spiro atoms. The van der Waals surface area contributed by atoms with E-state index in [4.69, 9.17) is 26.4 Å². The van der Waals surface area contributed by atoms with Crippen LogP contribution >= 0.6 is 11.9 Å². The summed E-state index contributed by atoms with van der Waals surface area (Å²) in [6, 6.07) is 12.4. The second-order valence-electron chi connectivity index (χ2n) is 7.16. The largest absolute Gasteiger partial charge is 0.495 e. The molecular formula is C23H19ClF3NO7S. The van der Waals surface area contributed by atoms with E-state index in [0.29, 0.717) is 5.56 Å². The maximum atomic E-state index is 13.8. The molecule has 0 saturated carbocycles. The molecule has 8 nitrogen and oxygen atoms in total. The van der Waals surface area contributed by atoms with Crippen molar-refractivity contribution in [2.24, 2.45) is 0 Å². The fourth-order valence-corrected chi connectivity index (χ4v) is 4.64. The number of aliphatic hydroxyl groups excluding tert-OH is 1. The smallest absolute Gasteiger partial charge is 0.418 e. The number of hydrogen-bond acceptors (Lipinski definition) is 7. The highest BCUT2D eigenvalue weighted by atomic mass is 35.5. The fourth-order valence-electron chi connectivity index (χ4n) is 3.29. The molecule has 3 aromatic carbocycles. The van der Waals surface area contributed by atoms with Crippen LogP contribution in [0.25, 0.3) is 11.1 Å². The molecule has 0 aliphatic carbocycles. The van der Waals surface area contributed by atoms with E-state index in [1.807, 2.05) is 4.72 Å². The van der Waals surface area contributed by atoms with Crippen LogP contribution in [-0.4, -0.2) is 39.8 Å². The minimum absolute atomic E-state index is 0.0575. The molecule has 0 saturated heterocycles. The van der Waals surface area contributed by atoms with Gasteiger partial charge in [-0.2, -0.15) is 13.2 Å². The Morgan fingerprint density at radius 3 is 2.42 bits per heavy atom. The lowest BCUT2D eigenvalue weighted by Gasteiger charge is -2.18. The number of methoxy groups -OCH3 is 1. The lowest BCUT2D eigenvalue weighted by molar-refractivity contribution is -0.136. The zero-order valence-corrected chi connectivity index (χ0v) is 20.1. The highest BCUT2D eigenvalue weighted by molar-refractivity contribution is 7.92. The number of hydrogen-bond donors (Lipinski definition) is 2. The Hall–Kier alpha value is -3.48. The number of rotatable bonds is 9. The minimum Gasteiger partial charge on any atom is -0.495 e. The Bertz CT molecular complexity index is 1360. The first-order valence-corrected chi connectivity index (χ1v) is 11.9. The fraction of sp³-hybridized carbons (Fsp3) is 0.174. The molecule has 0 atom stereocenters. The Morgan fingerprint density at radius 2 is 1.78 bits per heavy atom. The molecule has 3 rings (SSSR count). The molecule has 0 aromatic heterocycles. The van der Waals surface area contributed by atoms with E-state index in [9.17, 15) is 26.4 Å². The summed E-state index contributed by atoms with van der Waals surface area (Å²) in [5.41, 5.74) is -1.72. The number of carbonyl (C=O) groups is 1. The van der Waals surface area contributed by atoms with Gasteiger partial charge >= 0.3 is 12.1 Å². The van der Waals surface area contributed by atoms with Gasteiger partial charge in [-0.3, -0.25) is 4.72 Å². The van der Waals surface area contributed by atoms with Crippen molar-refractivity contribution < 1.29 is 45.3 Å². The predicted octanol–water partition coefficient (Wildman–Crippen LogP) is 4.86. The van der Waals surface area contributed by atoms with Crippen LogP contribution in [0.3, 0.4) is 0 Å². The number of ether oxygens (including phenoxy) is 2. The Morgan fingerprint density at radius 1 is 1.06 bits per heavy atom. The summed E-state index contributed by atoms with van der Waals surface area (Å²) in [6.07, 6.45) is -4.91. The molecule has 192 valence electrons. The van der Waals surface area contributed by atoms with Crippen LogP contribution in [-0.2, 0) is 20.5 Å². The minimum atomic E-state index is -4.91. The maximum absolute atomic E-state index is 13.8. The van der Waals surface area contributed by atoms with Gasteiger partial charge in [0.1, 0.15) is 34.9 Å². The van der Waals surface area contributed by atoms with Crippen molar-refractivity contribution in [2.45, 2.75) is 11.1 Å². The molecule has 3 aromatic rings. The molecule has 36 heavy (non-hydrogen) atoms. The molecule has 0 bridgehead atoms. The zero-order chi connectivity index (χ0) is 26.5. The summed E-state index contributed by atoms with van der Waals surface area (Å²) in [6.45, 7) is -0.345.